The summed E-state index contributed by atoms with van der Waals surface area (Å²) in [7, 11) is 2.18. The van der Waals surface area contributed by atoms with E-state index in [0.29, 0.717) is 24.8 Å². The molecule has 4 aromatic rings. The number of carbonyl (C=O) groups excluding carboxylic acids is 1. The third kappa shape index (κ3) is 4.03. The highest BCUT2D eigenvalue weighted by Gasteiger charge is 2.27. The Morgan fingerprint density at radius 1 is 1.08 bits per heavy atom. The molecule has 36 heavy (non-hydrogen) atoms. The predicted octanol–water partition coefficient (Wildman–Crippen LogP) is 4.39. The molecule has 4 heterocycles. The minimum Gasteiger partial charge on any atom is -0.383 e. The van der Waals surface area contributed by atoms with E-state index in [4.69, 9.17) is 5.73 Å². The molecular formula is C29H32N6O. The Morgan fingerprint density at radius 2 is 1.92 bits per heavy atom. The summed E-state index contributed by atoms with van der Waals surface area (Å²) in [4.78, 5) is 26.4. The standard InChI is InChI=1S/C29H32N6O/c1-19-4-3-5-20(14-19)15-26(36)34-13-8-22-16-21(6-7-25(22)34)24-17-35(23-9-11-33(2)12-10-23)29-27(24)28(30)31-18-32-29/h3-7,14,16-18,23H,8-13,15H2,1-2H3,(H2,30,31,32). The Hall–Kier alpha value is -3.71. The van der Waals surface area contributed by atoms with Gasteiger partial charge in [0.25, 0.3) is 0 Å². The largest absolute Gasteiger partial charge is 0.383 e. The predicted molar refractivity (Wildman–Crippen MR) is 144 cm³/mol. The molecular weight excluding hydrogens is 448 g/mol. The Kier molecular flexibility index (Phi) is 5.72. The van der Waals surface area contributed by atoms with Gasteiger partial charge in [0.15, 0.2) is 0 Å². The minimum absolute atomic E-state index is 0.142. The smallest absolute Gasteiger partial charge is 0.231 e. The van der Waals surface area contributed by atoms with E-state index in [1.807, 2.05) is 17.0 Å². The lowest BCUT2D eigenvalue weighted by atomic mass is 10.0. The van der Waals surface area contributed by atoms with Gasteiger partial charge in [-0.1, -0.05) is 35.9 Å². The van der Waals surface area contributed by atoms with E-state index in [2.05, 4.69) is 69.9 Å². The van der Waals surface area contributed by atoms with E-state index >= 15 is 0 Å². The number of aromatic nitrogens is 3. The van der Waals surface area contributed by atoms with Gasteiger partial charge in [-0.05, 0) is 75.1 Å². The van der Waals surface area contributed by atoms with Crippen molar-refractivity contribution in [3.05, 3.63) is 71.7 Å². The van der Waals surface area contributed by atoms with Crippen LogP contribution in [0.2, 0.25) is 0 Å². The number of nitrogens with two attached hydrogens (primary N) is 1. The van der Waals surface area contributed by atoms with Crippen LogP contribution in [0.1, 0.15) is 35.6 Å². The maximum Gasteiger partial charge on any atom is 0.231 e. The summed E-state index contributed by atoms with van der Waals surface area (Å²) < 4.78 is 2.31. The Labute approximate surface area is 211 Å². The molecule has 0 atom stereocenters. The SMILES string of the molecule is Cc1cccc(CC(=O)N2CCc3cc(-c4cn(C5CCN(C)CC5)c5ncnc(N)c45)ccc32)c1. The highest BCUT2D eigenvalue weighted by molar-refractivity contribution is 6.02. The molecule has 7 nitrogen and oxygen atoms in total. The number of rotatable bonds is 4. The molecule has 184 valence electrons. The number of nitrogen functional groups attached to an aromatic ring is 1. The molecule has 0 unspecified atom stereocenters. The number of hydrogen-bond donors (Lipinski definition) is 1. The second-order valence-corrected chi connectivity index (χ2v) is 10.2. The first-order valence-electron chi connectivity index (χ1n) is 12.8. The Morgan fingerprint density at radius 3 is 2.72 bits per heavy atom. The van der Waals surface area contributed by atoms with E-state index in [1.54, 1.807) is 6.33 Å². The normalized spacial score (nSPS) is 16.6. The number of amides is 1. The van der Waals surface area contributed by atoms with Crippen molar-refractivity contribution < 1.29 is 4.79 Å². The zero-order chi connectivity index (χ0) is 24.8. The molecule has 1 saturated heterocycles. The quantitative estimate of drug-likeness (QED) is 0.469. The fourth-order valence-corrected chi connectivity index (χ4v) is 5.80. The summed E-state index contributed by atoms with van der Waals surface area (Å²) in [5.41, 5.74) is 13.9. The van der Waals surface area contributed by atoms with E-state index in [1.165, 1.54) is 11.1 Å². The lowest BCUT2D eigenvalue weighted by molar-refractivity contribution is -0.117. The van der Waals surface area contributed by atoms with Gasteiger partial charge in [0.2, 0.25) is 5.91 Å². The fourth-order valence-electron chi connectivity index (χ4n) is 5.80. The summed E-state index contributed by atoms with van der Waals surface area (Å²) in [6, 6.07) is 15.0. The first kappa shape index (κ1) is 22.7. The lowest BCUT2D eigenvalue weighted by Gasteiger charge is -2.30. The highest BCUT2D eigenvalue weighted by atomic mass is 16.2. The van der Waals surface area contributed by atoms with Crippen LogP contribution in [0.3, 0.4) is 0 Å². The van der Waals surface area contributed by atoms with Gasteiger partial charge in [-0.25, -0.2) is 9.97 Å². The van der Waals surface area contributed by atoms with E-state index < -0.39 is 0 Å². The van der Waals surface area contributed by atoms with Crippen LogP contribution in [0.5, 0.6) is 0 Å². The zero-order valence-electron chi connectivity index (χ0n) is 20.9. The first-order valence-corrected chi connectivity index (χ1v) is 12.8. The van der Waals surface area contributed by atoms with Crippen molar-refractivity contribution in [1.82, 2.24) is 19.4 Å². The maximum absolute atomic E-state index is 13.2. The average molecular weight is 481 g/mol. The number of benzene rings is 2. The molecule has 2 aromatic heterocycles. The van der Waals surface area contributed by atoms with Crippen LogP contribution in [0, 0.1) is 6.92 Å². The highest BCUT2D eigenvalue weighted by Crippen LogP contribution is 2.39. The number of carbonyl (C=O) groups is 1. The van der Waals surface area contributed by atoms with Gasteiger partial charge in [-0.2, -0.15) is 0 Å². The molecule has 6 rings (SSSR count). The first-order chi connectivity index (χ1) is 17.5. The summed E-state index contributed by atoms with van der Waals surface area (Å²) in [6.07, 6.45) is 7.22. The van der Waals surface area contributed by atoms with Gasteiger partial charge >= 0.3 is 0 Å². The molecule has 0 spiro atoms. The maximum atomic E-state index is 13.2. The van der Waals surface area contributed by atoms with Crippen molar-refractivity contribution in [2.24, 2.45) is 0 Å². The van der Waals surface area contributed by atoms with Crippen molar-refractivity contribution >= 4 is 28.4 Å². The minimum atomic E-state index is 0.142. The summed E-state index contributed by atoms with van der Waals surface area (Å²) in [5, 5.41) is 0.918. The van der Waals surface area contributed by atoms with Crippen LogP contribution < -0.4 is 10.6 Å². The molecule has 2 aromatic carbocycles. The average Bonchev–Trinajstić information content (AvgIpc) is 3.47. The van der Waals surface area contributed by atoms with E-state index in [-0.39, 0.29) is 5.91 Å². The Bertz CT molecular complexity index is 1450. The van der Waals surface area contributed by atoms with Gasteiger partial charge in [0.1, 0.15) is 17.8 Å². The van der Waals surface area contributed by atoms with E-state index in [9.17, 15) is 4.79 Å². The van der Waals surface area contributed by atoms with Crippen molar-refractivity contribution in [3.8, 4) is 11.1 Å². The van der Waals surface area contributed by atoms with Crippen LogP contribution in [-0.2, 0) is 17.6 Å². The topological polar surface area (TPSA) is 80.3 Å². The molecule has 0 bridgehead atoms. The van der Waals surface area contributed by atoms with E-state index in [0.717, 1.165) is 65.8 Å². The number of aryl methyl sites for hydroxylation is 1. The van der Waals surface area contributed by atoms with Gasteiger partial charge in [-0.15, -0.1) is 0 Å². The van der Waals surface area contributed by atoms with Crippen molar-refractivity contribution in [2.45, 2.75) is 38.6 Å². The van der Waals surface area contributed by atoms with Crippen molar-refractivity contribution in [1.29, 1.82) is 0 Å². The van der Waals surface area contributed by atoms with Crippen LogP contribution in [0.25, 0.3) is 22.2 Å². The second-order valence-electron chi connectivity index (χ2n) is 10.2. The second kappa shape index (κ2) is 9.06. The number of fused-ring (bicyclic) bond motifs is 2. The number of likely N-dealkylation sites (tertiary alicyclic amines) is 1. The van der Waals surface area contributed by atoms with Crippen LogP contribution in [0.15, 0.2) is 55.0 Å². The van der Waals surface area contributed by atoms with Gasteiger partial charge in [0.05, 0.1) is 11.8 Å². The molecule has 2 aliphatic heterocycles. The van der Waals surface area contributed by atoms with Crippen LogP contribution in [0.4, 0.5) is 11.5 Å². The molecule has 0 saturated carbocycles. The molecule has 7 heteroatoms. The molecule has 1 fully saturated rings. The number of hydrogen-bond acceptors (Lipinski definition) is 5. The van der Waals surface area contributed by atoms with Gasteiger partial charge in [0, 0.05) is 30.0 Å². The van der Waals surface area contributed by atoms with Crippen LogP contribution in [-0.4, -0.2) is 52.0 Å². The summed E-state index contributed by atoms with van der Waals surface area (Å²) in [6.45, 7) is 4.92. The van der Waals surface area contributed by atoms with Crippen molar-refractivity contribution in [3.63, 3.8) is 0 Å². The zero-order valence-corrected chi connectivity index (χ0v) is 20.9. The molecule has 0 aliphatic carbocycles. The molecule has 2 aliphatic rings. The van der Waals surface area contributed by atoms with Gasteiger partial charge < -0.3 is 20.1 Å². The monoisotopic (exact) mass is 480 g/mol. The lowest BCUT2D eigenvalue weighted by Crippen LogP contribution is -2.31. The van der Waals surface area contributed by atoms with Gasteiger partial charge in [-0.3, -0.25) is 4.79 Å². The number of nitrogens with zero attached hydrogens (tertiary/aromatic N) is 5. The molecule has 1 amide bonds. The molecule has 2 N–H and O–H groups in total. The third-order valence-electron chi connectivity index (χ3n) is 7.75. The summed E-state index contributed by atoms with van der Waals surface area (Å²) >= 11 is 0. The third-order valence-corrected chi connectivity index (χ3v) is 7.75. The number of piperidine rings is 1. The Balaban J connectivity index is 1.33. The van der Waals surface area contributed by atoms with Crippen LogP contribution >= 0.6 is 0 Å². The molecule has 0 radical (unpaired) electrons. The fraction of sp³-hybridized carbons (Fsp3) is 0.345. The van der Waals surface area contributed by atoms with Crippen molar-refractivity contribution in [2.75, 3.05) is 37.3 Å². The summed E-state index contributed by atoms with van der Waals surface area (Å²) in [5.74, 6) is 0.653. The number of anilines is 2.